The van der Waals surface area contributed by atoms with Crippen LogP contribution in [0.4, 0.5) is 5.82 Å². The number of rotatable bonds is 10. The Labute approximate surface area is 308 Å². The van der Waals surface area contributed by atoms with E-state index in [0.717, 1.165) is 91.9 Å². The smallest absolute Gasteiger partial charge is 0.268 e. The fourth-order valence-corrected chi connectivity index (χ4v) is 7.61. The average Bonchev–Trinajstić information content (AvgIpc) is 3.62. The lowest BCUT2D eigenvalue weighted by Gasteiger charge is -2.30. The van der Waals surface area contributed by atoms with Gasteiger partial charge in [-0.3, -0.25) is 9.48 Å². The SMILES string of the molecule is Cc1cc(OCCCc2c(C(=O)NCc3cccc(N4CCc5ccccc5C4)n3)[nH]c3c(-c4c(C)nn(C)c4C)c(Cl)ccc23)cc(C)c1Cl. The molecule has 0 aliphatic carbocycles. The normalized spacial score (nSPS) is 12.7. The quantitative estimate of drug-likeness (QED) is 0.138. The fraction of sp³-hybridized carbons (Fsp3) is 0.293. The van der Waals surface area contributed by atoms with Crippen LogP contribution in [0.5, 0.6) is 5.75 Å². The van der Waals surface area contributed by atoms with Gasteiger partial charge >= 0.3 is 0 Å². The molecule has 7 rings (SSSR count). The van der Waals surface area contributed by atoms with E-state index in [2.05, 4.69) is 44.6 Å². The maximum atomic E-state index is 14.1. The number of aromatic nitrogens is 4. The molecule has 0 fully saturated rings. The first-order valence-electron chi connectivity index (χ1n) is 17.4. The van der Waals surface area contributed by atoms with Gasteiger partial charge in [-0.05, 0) is 105 Å². The molecule has 6 aromatic rings. The highest BCUT2D eigenvalue weighted by molar-refractivity contribution is 6.35. The molecule has 262 valence electrons. The van der Waals surface area contributed by atoms with Crippen LogP contribution < -0.4 is 15.0 Å². The van der Waals surface area contributed by atoms with E-state index in [0.29, 0.717) is 36.7 Å². The Bertz CT molecular complexity index is 2250. The molecule has 0 spiro atoms. The number of nitrogens with one attached hydrogen (secondary N) is 2. The first kappa shape index (κ1) is 34.6. The Morgan fingerprint density at radius 1 is 0.961 bits per heavy atom. The number of hydrogen-bond donors (Lipinski definition) is 2. The number of hydrogen-bond acceptors (Lipinski definition) is 5. The summed E-state index contributed by atoms with van der Waals surface area (Å²) in [5.74, 6) is 1.49. The van der Waals surface area contributed by atoms with Gasteiger partial charge in [0.05, 0.1) is 35.1 Å². The van der Waals surface area contributed by atoms with E-state index in [-0.39, 0.29) is 5.91 Å². The van der Waals surface area contributed by atoms with Gasteiger partial charge in [0.1, 0.15) is 17.3 Å². The molecular formula is C41H42Cl2N6O2. The number of carbonyl (C=O) groups excluding carboxylic acids is 1. The second-order valence-corrected chi connectivity index (χ2v) is 14.2. The van der Waals surface area contributed by atoms with Gasteiger partial charge < -0.3 is 19.9 Å². The van der Waals surface area contributed by atoms with Crippen LogP contribution >= 0.6 is 23.2 Å². The Hall–Kier alpha value is -4.79. The van der Waals surface area contributed by atoms with E-state index >= 15 is 0 Å². The predicted molar refractivity (Wildman–Crippen MR) is 206 cm³/mol. The monoisotopic (exact) mass is 720 g/mol. The largest absolute Gasteiger partial charge is 0.494 e. The van der Waals surface area contributed by atoms with Crippen LogP contribution in [0.1, 0.15) is 61.8 Å². The summed E-state index contributed by atoms with van der Waals surface area (Å²) in [5, 5.41) is 10.1. The molecule has 0 bridgehead atoms. The second-order valence-electron chi connectivity index (χ2n) is 13.4. The second kappa shape index (κ2) is 14.4. The third kappa shape index (κ3) is 6.95. The van der Waals surface area contributed by atoms with Crippen LogP contribution in [-0.2, 0) is 33.0 Å². The van der Waals surface area contributed by atoms with Gasteiger partial charge in [-0.1, -0.05) is 59.6 Å². The van der Waals surface area contributed by atoms with Crippen molar-refractivity contribution in [3.8, 4) is 16.9 Å². The summed E-state index contributed by atoms with van der Waals surface area (Å²) in [7, 11) is 1.93. The molecule has 1 aliphatic rings. The van der Waals surface area contributed by atoms with Gasteiger partial charge in [0.25, 0.3) is 5.91 Å². The zero-order chi connectivity index (χ0) is 35.8. The number of fused-ring (bicyclic) bond motifs is 2. The molecule has 10 heteroatoms. The Morgan fingerprint density at radius 3 is 2.47 bits per heavy atom. The predicted octanol–water partition coefficient (Wildman–Crippen LogP) is 9.01. The zero-order valence-corrected chi connectivity index (χ0v) is 31.2. The minimum atomic E-state index is -0.202. The summed E-state index contributed by atoms with van der Waals surface area (Å²) in [5.41, 5.74) is 11.4. The molecule has 3 aromatic carbocycles. The van der Waals surface area contributed by atoms with Gasteiger partial charge in [-0.25, -0.2) is 4.98 Å². The summed E-state index contributed by atoms with van der Waals surface area (Å²) in [6.45, 7) is 10.5. The lowest BCUT2D eigenvalue weighted by atomic mass is 9.98. The maximum Gasteiger partial charge on any atom is 0.268 e. The van der Waals surface area contributed by atoms with E-state index in [4.69, 9.17) is 32.9 Å². The van der Waals surface area contributed by atoms with Gasteiger partial charge in [0.15, 0.2) is 0 Å². The number of carbonyl (C=O) groups is 1. The van der Waals surface area contributed by atoms with Crippen molar-refractivity contribution < 1.29 is 9.53 Å². The van der Waals surface area contributed by atoms with Crippen molar-refractivity contribution in [2.24, 2.45) is 7.05 Å². The topological polar surface area (TPSA) is 88.1 Å². The number of aromatic amines is 1. The molecule has 2 N–H and O–H groups in total. The van der Waals surface area contributed by atoms with Crippen molar-refractivity contribution in [3.05, 3.63) is 127 Å². The van der Waals surface area contributed by atoms with Gasteiger partial charge in [-0.2, -0.15) is 5.10 Å². The summed E-state index contributed by atoms with van der Waals surface area (Å²) in [4.78, 5) is 24.8. The van der Waals surface area contributed by atoms with E-state index in [1.807, 2.05) is 81.9 Å². The third-order valence-corrected chi connectivity index (χ3v) is 10.9. The van der Waals surface area contributed by atoms with Gasteiger partial charge in [-0.15, -0.1) is 0 Å². The highest BCUT2D eigenvalue weighted by Gasteiger charge is 2.24. The van der Waals surface area contributed by atoms with Crippen LogP contribution in [0.15, 0.2) is 66.7 Å². The fourth-order valence-electron chi connectivity index (χ4n) is 7.25. The van der Waals surface area contributed by atoms with Crippen molar-refractivity contribution in [2.75, 3.05) is 18.1 Å². The maximum absolute atomic E-state index is 14.1. The zero-order valence-electron chi connectivity index (χ0n) is 29.7. The number of H-pyrrole nitrogens is 1. The standard InChI is InChI=1S/C41H42Cl2N6O2/c1-24-20-31(21-25(2)38(24)43)51-19-9-13-32-33-15-16-34(42)37(36-26(3)47-48(5)27(36)4)39(33)46-40(32)41(50)44-22-30-12-8-14-35(45-30)49-18-17-28-10-6-7-11-29(28)23-49/h6-8,10-12,14-16,20-21,46H,9,13,17-19,22-23H2,1-5H3,(H,44,50). The first-order valence-corrected chi connectivity index (χ1v) is 18.1. The molecule has 8 nitrogen and oxygen atoms in total. The molecule has 3 aromatic heterocycles. The summed E-state index contributed by atoms with van der Waals surface area (Å²) >= 11 is 13.3. The average molecular weight is 722 g/mol. The molecule has 1 aliphatic heterocycles. The minimum Gasteiger partial charge on any atom is -0.494 e. The van der Waals surface area contributed by atoms with Crippen molar-refractivity contribution in [1.29, 1.82) is 0 Å². The van der Waals surface area contributed by atoms with Crippen LogP contribution in [0.2, 0.25) is 10.0 Å². The van der Waals surface area contributed by atoms with E-state index < -0.39 is 0 Å². The van der Waals surface area contributed by atoms with Crippen LogP contribution in [0, 0.1) is 27.7 Å². The van der Waals surface area contributed by atoms with Crippen molar-refractivity contribution in [1.82, 2.24) is 25.1 Å². The summed E-state index contributed by atoms with van der Waals surface area (Å²) in [6.07, 6.45) is 2.29. The van der Waals surface area contributed by atoms with Crippen LogP contribution in [-0.4, -0.2) is 38.8 Å². The molecule has 0 unspecified atom stereocenters. The molecule has 0 radical (unpaired) electrons. The highest BCUT2D eigenvalue weighted by atomic mass is 35.5. The van der Waals surface area contributed by atoms with Crippen LogP contribution in [0.3, 0.4) is 0 Å². The van der Waals surface area contributed by atoms with Crippen molar-refractivity contribution in [2.45, 2.75) is 60.0 Å². The van der Waals surface area contributed by atoms with E-state index in [1.165, 1.54) is 11.1 Å². The van der Waals surface area contributed by atoms with Gasteiger partial charge in [0.2, 0.25) is 0 Å². The third-order valence-electron chi connectivity index (χ3n) is 9.94. The van der Waals surface area contributed by atoms with Crippen LogP contribution in [0.25, 0.3) is 22.0 Å². The molecule has 4 heterocycles. The number of pyridine rings is 1. The van der Waals surface area contributed by atoms with Crippen molar-refractivity contribution in [3.63, 3.8) is 0 Å². The minimum absolute atomic E-state index is 0.202. The lowest BCUT2D eigenvalue weighted by Crippen LogP contribution is -2.31. The number of anilines is 1. The van der Waals surface area contributed by atoms with E-state index in [9.17, 15) is 4.79 Å². The molecule has 1 amide bonds. The van der Waals surface area contributed by atoms with Crippen molar-refractivity contribution >= 4 is 45.8 Å². The molecular weight excluding hydrogens is 679 g/mol. The Morgan fingerprint density at radius 2 is 1.73 bits per heavy atom. The number of ether oxygens (including phenoxy) is 1. The number of amides is 1. The first-order chi connectivity index (χ1) is 24.6. The Kier molecular flexibility index (Phi) is 9.81. The molecule has 51 heavy (non-hydrogen) atoms. The van der Waals surface area contributed by atoms with Gasteiger partial charge in [0, 0.05) is 47.4 Å². The number of halogens is 2. The number of nitrogens with zero attached hydrogens (tertiary/aromatic N) is 4. The number of benzene rings is 3. The Balaban J connectivity index is 1.15. The highest BCUT2D eigenvalue weighted by Crippen LogP contribution is 2.40. The summed E-state index contributed by atoms with van der Waals surface area (Å²) in [6, 6.07) is 22.4. The summed E-state index contributed by atoms with van der Waals surface area (Å²) < 4.78 is 8.01. The van der Waals surface area contributed by atoms with E-state index in [1.54, 1.807) is 0 Å². The molecule has 0 saturated carbocycles. The number of aryl methyl sites for hydroxylation is 5. The molecule has 0 saturated heterocycles. The lowest BCUT2D eigenvalue weighted by molar-refractivity contribution is 0.0945. The molecule has 0 atom stereocenters.